The van der Waals surface area contributed by atoms with Gasteiger partial charge in [-0.15, -0.1) is 5.10 Å². The Bertz CT molecular complexity index is 1410. The number of aryl methyl sites for hydroxylation is 1. The first kappa shape index (κ1) is 24.0. The van der Waals surface area contributed by atoms with Gasteiger partial charge in [-0.05, 0) is 79.4 Å². The van der Waals surface area contributed by atoms with Gasteiger partial charge in [0, 0.05) is 37.4 Å². The van der Waals surface area contributed by atoms with Crippen molar-refractivity contribution in [2.75, 3.05) is 38.2 Å². The van der Waals surface area contributed by atoms with Gasteiger partial charge in [0.25, 0.3) is 5.56 Å². The number of fused-ring (bicyclic) bond motifs is 1. The summed E-state index contributed by atoms with van der Waals surface area (Å²) in [4.78, 5) is 21.3. The molecule has 0 radical (unpaired) electrons. The molecular weight excluding hydrogens is 454 g/mol. The number of pyridine rings is 1. The molecule has 9 heteroatoms. The SMILES string of the molecule is COc1ccc(N2CCN(C(c3cc4cccc(C)c4[nH]c3=O)c3nnnn3C(C)(C)C)CC2)cc1. The molecule has 3 heterocycles. The molecule has 9 nitrogen and oxygen atoms in total. The number of nitrogens with zero attached hydrogens (tertiary/aromatic N) is 6. The molecule has 0 saturated carbocycles. The molecular formula is C27H33N7O2. The summed E-state index contributed by atoms with van der Waals surface area (Å²) in [6.07, 6.45) is 0. The molecule has 1 fully saturated rings. The molecule has 1 aliphatic heterocycles. The van der Waals surface area contributed by atoms with Gasteiger partial charge in [-0.2, -0.15) is 0 Å². The molecule has 2 aromatic heterocycles. The van der Waals surface area contributed by atoms with E-state index in [9.17, 15) is 4.79 Å². The highest BCUT2D eigenvalue weighted by atomic mass is 16.5. The maximum absolute atomic E-state index is 13.5. The van der Waals surface area contributed by atoms with E-state index >= 15 is 0 Å². The Labute approximate surface area is 210 Å². The second kappa shape index (κ2) is 9.39. The number of methoxy groups -OCH3 is 1. The summed E-state index contributed by atoms with van der Waals surface area (Å²) >= 11 is 0. The van der Waals surface area contributed by atoms with E-state index < -0.39 is 0 Å². The van der Waals surface area contributed by atoms with Gasteiger partial charge in [0.2, 0.25) is 0 Å². The van der Waals surface area contributed by atoms with Crippen molar-refractivity contribution in [1.82, 2.24) is 30.1 Å². The maximum atomic E-state index is 13.5. The van der Waals surface area contributed by atoms with Gasteiger partial charge in [0.05, 0.1) is 18.2 Å². The fourth-order valence-corrected chi connectivity index (χ4v) is 4.98. The molecule has 1 saturated heterocycles. The van der Waals surface area contributed by atoms with Crippen LogP contribution in [0.4, 0.5) is 5.69 Å². The third kappa shape index (κ3) is 4.46. The van der Waals surface area contributed by atoms with Gasteiger partial charge in [0.15, 0.2) is 5.82 Å². The number of aromatic amines is 1. The number of aromatic nitrogens is 5. The number of nitrogens with one attached hydrogen (secondary N) is 1. The normalized spacial score (nSPS) is 15.9. The molecule has 188 valence electrons. The Morgan fingerprint density at radius 1 is 1.03 bits per heavy atom. The molecule has 0 bridgehead atoms. The first-order valence-electron chi connectivity index (χ1n) is 12.3. The number of hydrogen-bond acceptors (Lipinski definition) is 7. The Morgan fingerprint density at radius 2 is 1.75 bits per heavy atom. The van der Waals surface area contributed by atoms with E-state index in [2.05, 4.69) is 63.2 Å². The van der Waals surface area contributed by atoms with Gasteiger partial charge < -0.3 is 14.6 Å². The van der Waals surface area contributed by atoms with Crippen molar-refractivity contribution in [3.05, 3.63) is 75.8 Å². The van der Waals surface area contributed by atoms with E-state index in [1.165, 1.54) is 0 Å². The number of hydrogen-bond donors (Lipinski definition) is 1. The lowest BCUT2D eigenvalue weighted by Gasteiger charge is -2.40. The minimum absolute atomic E-state index is 0.108. The molecule has 1 atom stereocenters. The second-order valence-electron chi connectivity index (χ2n) is 10.3. The van der Waals surface area contributed by atoms with Crippen molar-refractivity contribution in [3.63, 3.8) is 0 Å². The van der Waals surface area contributed by atoms with Crippen LogP contribution in [0.1, 0.15) is 43.8 Å². The Morgan fingerprint density at radius 3 is 2.42 bits per heavy atom. The number of H-pyrrole nitrogens is 1. The third-order valence-corrected chi connectivity index (χ3v) is 6.90. The Balaban J connectivity index is 1.53. The van der Waals surface area contributed by atoms with Crippen molar-refractivity contribution in [2.24, 2.45) is 0 Å². The zero-order chi connectivity index (χ0) is 25.4. The van der Waals surface area contributed by atoms with Gasteiger partial charge in [-0.1, -0.05) is 18.2 Å². The summed E-state index contributed by atoms with van der Waals surface area (Å²) < 4.78 is 7.14. The van der Waals surface area contributed by atoms with Crippen LogP contribution >= 0.6 is 0 Å². The van der Waals surface area contributed by atoms with Crippen molar-refractivity contribution in [1.29, 1.82) is 0 Å². The molecule has 1 N–H and O–H groups in total. The fraction of sp³-hybridized carbons (Fsp3) is 0.407. The summed E-state index contributed by atoms with van der Waals surface area (Å²) in [7, 11) is 1.68. The summed E-state index contributed by atoms with van der Waals surface area (Å²) in [5.74, 6) is 1.52. The smallest absolute Gasteiger partial charge is 0.253 e. The monoisotopic (exact) mass is 487 g/mol. The Hall–Kier alpha value is -3.72. The number of piperazine rings is 1. The minimum atomic E-state index is -0.370. The van der Waals surface area contributed by atoms with Crippen molar-refractivity contribution >= 4 is 16.6 Å². The maximum Gasteiger partial charge on any atom is 0.253 e. The standard InChI is InChI=1S/C27H33N7O2/c1-18-7-6-8-19-17-22(26(35)28-23(18)19)24(25-29-30-31-34(25)27(2,3)4)33-15-13-32(14-16-33)20-9-11-21(36-5)12-10-20/h6-12,17,24H,13-16H2,1-5H3,(H,28,35). The quantitative estimate of drug-likeness (QED) is 0.461. The van der Waals surface area contributed by atoms with Crippen LogP contribution in [-0.4, -0.2) is 63.4 Å². The van der Waals surface area contributed by atoms with Crippen LogP contribution in [0.5, 0.6) is 5.75 Å². The first-order valence-corrected chi connectivity index (χ1v) is 12.3. The largest absolute Gasteiger partial charge is 0.497 e. The van der Waals surface area contributed by atoms with Gasteiger partial charge in [-0.3, -0.25) is 9.69 Å². The highest BCUT2D eigenvalue weighted by molar-refractivity contribution is 5.82. The van der Waals surface area contributed by atoms with E-state index in [0.29, 0.717) is 11.4 Å². The van der Waals surface area contributed by atoms with Gasteiger partial charge >= 0.3 is 0 Å². The minimum Gasteiger partial charge on any atom is -0.497 e. The zero-order valence-electron chi connectivity index (χ0n) is 21.5. The average molecular weight is 488 g/mol. The summed E-state index contributed by atoms with van der Waals surface area (Å²) in [5, 5.41) is 13.8. The van der Waals surface area contributed by atoms with Crippen molar-refractivity contribution in [2.45, 2.75) is 39.3 Å². The average Bonchev–Trinajstić information content (AvgIpc) is 3.36. The number of tetrazole rings is 1. The fourth-order valence-electron chi connectivity index (χ4n) is 4.98. The van der Waals surface area contributed by atoms with Crippen molar-refractivity contribution < 1.29 is 4.74 Å². The van der Waals surface area contributed by atoms with Crippen LogP contribution in [-0.2, 0) is 5.54 Å². The summed E-state index contributed by atoms with van der Waals surface area (Å²) in [6, 6.07) is 15.8. The highest BCUT2D eigenvalue weighted by Gasteiger charge is 2.35. The molecule has 36 heavy (non-hydrogen) atoms. The van der Waals surface area contributed by atoms with E-state index in [1.807, 2.05) is 48.0 Å². The predicted octanol–water partition coefficient (Wildman–Crippen LogP) is 3.50. The Kier molecular flexibility index (Phi) is 6.26. The topological polar surface area (TPSA) is 92.2 Å². The lowest BCUT2D eigenvalue weighted by Crippen LogP contribution is -2.49. The van der Waals surface area contributed by atoms with E-state index in [4.69, 9.17) is 4.74 Å². The zero-order valence-corrected chi connectivity index (χ0v) is 21.5. The number of ether oxygens (including phenoxy) is 1. The first-order chi connectivity index (χ1) is 17.3. The summed E-state index contributed by atoms with van der Waals surface area (Å²) in [6.45, 7) is 11.4. The number of anilines is 1. The van der Waals surface area contributed by atoms with Crippen LogP contribution in [0.3, 0.4) is 0 Å². The van der Waals surface area contributed by atoms with Crippen LogP contribution in [0.25, 0.3) is 10.9 Å². The molecule has 0 aliphatic carbocycles. The molecule has 0 amide bonds. The van der Waals surface area contributed by atoms with Crippen LogP contribution in [0.2, 0.25) is 0 Å². The molecule has 2 aromatic carbocycles. The lowest BCUT2D eigenvalue weighted by atomic mass is 10.00. The van der Waals surface area contributed by atoms with Crippen LogP contribution in [0, 0.1) is 6.92 Å². The highest BCUT2D eigenvalue weighted by Crippen LogP contribution is 2.31. The lowest BCUT2D eigenvalue weighted by molar-refractivity contribution is 0.190. The number of rotatable bonds is 5. The van der Waals surface area contributed by atoms with Crippen LogP contribution in [0.15, 0.2) is 53.3 Å². The number of benzene rings is 2. The summed E-state index contributed by atoms with van der Waals surface area (Å²) in [5.41, 5.74) is 3.28. The predicted molar refractivity (Wildman–Crippen MR) is 141 cm³/mol. The third-order valence-electron chi connectivity index (χ3n) is 6.90. The van der Waals surface area contributed by atoms with Crippen LogP contribution < -0.4 is 15.2 Å². The second-order valence-corrected chi connectivity index (χ2v) is 10.3. The van der Waals surface area contributed by atoms with E-state index in [0.717, 1.165) is 54.1 Å². The van der Waals surface area contributed by atoms with E-state index in [1.54, 1.807) is 7.11 Å². The van der Waals surface area contributed by atoms with Gasteiger partial charge in [-0.25, -0.2) is 4.68 Å². The van der Waals surface area contributed by atoms with Crippen molar-refractivity contribution in [3.8, 4) is 5.75 Å². The molecule has 0 spiro atoms. The van der Waals surface area contributed by atoms with E-state index in [-0.39, 0.29) is 17.1 Å². The molecule has 1 unspecified atom stereocenters. The molecule has 4 aromatic rings. The number of para-hydroxylation sites is 1. The van der Waals surface area contributed by atoms with Gasteiger partial charge in [0.1, 0.15) is 11.8 Å². The molecule has 1 aliphatic rings. The molecule has 5 rings (SSSR count).